The van der Waals surface area contributed by atoms with Crippen LogP contribution in [0.25, 0.3) is 22.3 Å². The first-order valence-electron chi connectivity index (χ1n) is 20.1. The number of hydrogen-bond donors (Lipinski definition) is 2. The van der Waals surface area contributed by atoms with Crippen LogP contribution < -0.4 is 20.7 Å². The van der Waals surface area contributed by atoms with Crippen molar-refractivity contribution in [2.75, 3.05) is 56.4 Å². The second kappa shape index (κ2) is 15.7. The van der Waals surface area contributed by atoms with E-state index in [9.17, 15) is 19.2 Å². The van der Waals surface area contributed by atoms with Gasteiger partial charge in [-0.1, -0.05) is 18.2 Å². The smallest absolute Gasteiger partial charge is 0.261 e. The number of rotatable bonds is 11. The fourth-order valence-electron chi connectivity index (χ4n) is 8.95. The number of nitrogen functional groups attached to an aromatic ring is 1. The van der Waals surface area contributed by atoms with Gasteiger partial charge in [0.1, 0.15) is 41.2 Å². The molecule has 0 bridgehead atoms. The van der Waals surface area contributed by atoms with Crippen LogP contribution in [0.3, 0.4) is 0 Å². The third-order valence-corrected chi connectivity index (χ3v) is 12.1. The fraction of sp³-hybridized carbons (Fsp3) is 0.372. The van der Waals surface area contributed by atoms with Gasteiger partial charge in [0.2, 0.25) is 18.2 Å². The lowest BCUT2D eigenvalue weighted by atomic mass is 9.91. The van der Waals surface area contributed by atoms with Gasteiger partial charge in [-0.15, -0.1) is 0 Å². The fourth-order valence-corrected chi connectivity index (χ4v) is 8.95. The number of ether oxygens (including phenoxy) is 1. The van der Waals surface area contributed by atoms with Crippen molar-refractivity contribution >= 4 is 46.7 Å². The van der Waals surface area contributed by atoms with E-state index >= 15 is 8.78 Å². The van der Waals surface area contributed by atoms with E-state index in [1.165, 1.54) is 25.4 Å². The van der Waals surface area contributed by atoms with E-state index < -0.39 is 35.2 Å². The molecule has 4 aliphatic rings. The molecule has 4 amide bonds. The van der Waals surface area contributed by atoms with Crippen LogP contribution in [-0.2, 0) is 14.4 Å². The minimum atomic E-state index is -1.57. The molecule has 9 rings (SSSR count). The number of amides is 4. The summed E-state index contributed by atoms with van der Waals surface area (Å²) >= 11 is 0. The summed E-state index contributed by atoms with van der Waals surface area (Å²) in [7, 11) is 0. The molecule has 3 aromatic carbocycles. The molecule has 0 radical (unpaired) electrons. The molecule has 4 fully saturated rings. The predicted octanol–water partition coefficient (Wildman–Crippen LogP) is 4.27. The molecular weight excluding hydrogens is 775 g/mol. The molecule has 5 aromatic rings. The Labute approximate surface area is 344 Å². The van der Waals surface area contributed by atoms with Crippen molar-refractivity contribution in [2.45, 2.75) is 56.4 Å². The second-order valence-corrected chi connectivity index (χ2v) is 16.2. The lowest BCUT2D eigenvalue weighted by Gasteiger charge is -2.53. The average molecular weight is 819 g/mol. The molecular formula is C43H44F2N10O5. The summed E-state index contributed by atoms with van der Waals surface area (Å²) in [4.78, 5) is 65.1. The van der Waals surface area contributed by atoms with E-state index in [-0.39, 0.29) is 61.7 Å². The van der Waals surface area contributed by atoms with Gasteiger partial charge in [0.25, 0.3) is 5.91 Å². The summed E-state index contributed by atoms with van der Waals surface area (Å²) in [6, 6.07) is 19.0. The van der Waals surface area contributed by atoms with Gasteiger partial charge in [-0.25, -0.2) is 23.4 Å². The first-order valence-corrected chi connectivity index (χ1v) is 20.1. The number of carbonyl (C=O) groups is 4. The molecule has 0 spiro atoms. The molecule has 6 heterocycles. The number of fused-ring (bicyclic) bond motifs is 1. The zero-order valence-corrected chi connectivity index (χ0v) is 33.0. The predicted molar refractivity (Wildman–Crippen MR) is 217 cm³/mol. The third kappa shape index (κ3) is 7.42. The molecule has 3 N–H and O–H groups in total. The number of imide groups is 2. The Balaban J connectivity index is 0.789. The Hall–Kier alpha value is -6.33. The van der Waals surface area contributed by atoms with Gasteiger partial charge in [0.05, 0.1) is 30.2 Å². The summed E-state index contributed by atoms with van der Waals surface area (Å²) in [6.45, 7) is 4.74. The average Bonchev–Trinajstić information content (AvgIpc) is 3.61. The molecule has 310 valence electrons. The zero-order valence-electron chi connectivity index (χ0n) is 33.0. The number of nitrogens with two attached hydrogens (primary N) is 1. The maximum Gasteiger partial charge on any atom is 0.261 e. The second-order valence-electron chi connectivity index (χ2n) is 16.2. The van der Waals surface area contributed by atoms with Crippen LogP contribution in [0.1, 0.15) is 47.6 Å². The van der Waals surface area contributed by atoms with Crippen LogP contribution in [0.5, 0.6) is 11.5 Å². The highest BCUT2D eigenvalue weighted by Crippen LogP contribution is 2.38. The Morgan fingerprint density at radius 3 is 2.42 bits per heavy atom. The maximum atomic E-state index is 16.0. The van der Waals surface area contributed by atoms with Gasteiger partial charge in [-0.3, -0.25) is 39.2 Å². The monoisotopic (exact) mass is 818 g/mol. The molecule has 0 saturated carbocycles. The van der Waals surface area contributed by atoms with Gasteiger partial charge in [0, 0.05) is 56.3 Å². The molecule has 2 aromatic heterocycles. The highest BCUT2D eigenvalue weighted by Gasteiger charge is 2.48. The summed E-state index contributed by atoms with van der Waals surface area (Å²) in [5, 5.41) is 7.92. The van der Waals surface area contributed by atoms with E-state index in [2.05, 4.69) is 25.1 Å². The number of benzene rings is 3. The molecule has 4 saturated heterocycles. The number of halogens is 2. The number of likely N-dealkylation sites (tertiary alicyclic amines) is 2. The van der Waals surface area contributed by atoms with Gasteiger partial charge in [0.15, 0.2) is 11.3 Å². The lowest BCUT2D eigenvalue weighted by molar-refractivity contribution is -0.139. The number of hydrogen-bond acceptors (Lipinski definition) is 12. The minimum absolute atomic E-state index is 0.00689. The van der Waals surface area contributed by atoms with Crippen molar-refractivity contribution in [2.24, 2.45) is 0 Å². The van der Waals surface area contributed by atoms with Crippen molar-refractivity contribution in [3.63, 3.8) is 0 Å². The van der Waals surface area contributed by atoms with Crippen LogP contribution in [-0.4, -0.2) is 122 Å². The topological polar surface area (TPSA) is 172 Å². The van der Waals surface area contributed by atoms with Crippen molar-refractivity contribution in [3.8, 4) is 22.8 Å². The largest absolute Gasteiger partial charge is 0.457 e. The molecule has 15 nitrogen and oxygen atoms in total. The molecule has 1 atom stereocenters. The van der Waals surface area contributed by atoms with Crippen LogP contribution in [0.15, 0.2) is 73.1 Å². The Kier molecular flexibility index (Phi) is 10.2. The normalized spacial score (nSPS) is 20.1. The van der Waals surface area contributed by atoms with Crippen LogP contribution in [0, 0.1) is 12.7 Å². The number of alkyl halides is 1. The molecule has 1 unspecified atom stereocenters. The van der Waals surface area contributed by atoms with E-state index in [0.29, 0.717) is 23.3 Å². The van der Waals surface area contributed by atoms with E-state index in [1.807, 2.05) is 59.3 Å². The summed E-state index contributed by atoms with van der Waals surface area (Å²) in [5.41, 5.74) is 7.46. The molecule has 0 aliphatic carbocycles. The number of carbonyl (C=O) groups excluding carboxylic acids is 4. The van der Waals surface area contributed by atoms with Crippen molar-refractivity contribution in [3.05, 3.63) is 90.0 Å². The van der Waals surface area contributed by atoms with Gasteiger partial charge >= 0.3 is 0 Å². The Morgan fingerprint density at radius 1 is 1.00 bits per heavy atom. The quantitative estimate of drug-likeness (QED) is 0.144. The molecule has 4 aliphatic heterocycles. The summed E-state index contributed by atoms with van der Waals surface area (Å²) in [5.74, 6) is -0.814. The molecule has 60 heavy (non-hydrogen) atoms. The van der Waals surface area contributed by atoms with E-state index in [0.717, 1.165) is 66.3 Å². The summed E-state index contributed by atoms with van der Waals surface area (Å²) < 4.78 is 39.2. The van der Waals surface area contributed by atoms with E-state index in [4.69, 9.17) is 15.6 Å². The van der Waals surface area contributed by atoms with Crippen LogP contribution in [0.2, 0.25) is 0 Å². The van der Waals surface area contributed by atoms with Crippen molar-refractivity contribution < 1.29 is 32.7 Å². The number of para-hydroxylation sites is 1. The minimum Gasteiger partial charge on any atom is -0.457 e. The highest BCUT2D eigenvalue weighted by molar-refractivity contribution is 6.08. The standard InChI is InChI=1S/C43H44F2N10O5/c1-26-17-33(44)35(18-32(26)42(59)54(25-56)34-11-12-36(57)49-41(34)58)53-22-43(45,23-53)21-51-19-29(20-51)52-15-13-28(14-16-52)55-40-37(39(46)47-24-48-40)38(50-55)27-7-9-31(10-8-27)60-30-5-3-2-4-6-30/h2-10,17-18,24-25,28-29,34H,11-16,19-23H2,1H3,(H2,46,47,48)(H,49,57,58). The first-order chi connectivity index (χ1) is 29.0. The number of aromatic nitrogens is 4. The van der Waals surface area contributed by atoms with Crippen LogP contribution in [0.4, 0.5) is 20.3 Å². The first kappa shape index (κ1) is 39.1. The Morgan fingerprint density at radius 2 is 1.72 bits per heavy atom. The number of nitrogens with one attached hydrogen (secondary N) is 1. The van der Waals surface area contributed by atoms with Gasteiger partial charge in [-0.05, 0) is 80.3 Å². The SMILES string of the molecule is Cc1cc(F)c(N2CC(F)(CN3CC(N4CCC(n5nc(-c6ccc(Oc7ccccc7)cc6)c6c(N)ncnc65)CC4)C3)C2)cc1C(=O)N(C=O)C1CCC(=O)NC1=O. The number of piperidine rings is 2. The van der Waals surface area contributed by atoms with Crippen LogP contribution >= 0.6 is 0 Å². The van der Waals surface area contributed by atoms with Gasteiger partial charge < -0.3 is 15.4 Å². The number of anilines is 2. The zero-order chi connectivity index (χ0) is 41.7. The van der Waals surface area contributed by atoms with Crippen molar-refractivity contribution in [1.29, 1.82) is 0 Å². The Bertz CT molecular complexity index is 2460. The number of nitrogens with zero attached hydrogens (tertiary/aromatic N) is 8. The highest BCUT2D eigenvalue weighted by atomic mass is 19.1. The maximum absolute atomic E-state index is 16.0. The lowest BCUT2D eigenvalue weighted by Crippen LogP contribution is -2.69. The third-order valence-electron chi connectivity index (χ3n) is 12.1. The van der Waals surface area contributed by atoms with Crippen molar-refractivity contribution in [1.82, 2.24) is 39.8 Å². The summed E-state index contributed by atoms with van der Waals surface area (Å²) in [6.07, 6.45) is 3.40. The van der Waals surface area contributed by atoms with Gasteiger partial charge in [-0.2, -0.15) is 5.10 Å². The number of aryl methyl sites for hydroxylation is 1. The molecule has 17 heteroatoms. The van der Waals surface area contributed by atoms with E-state index in [1.54, 1.807) is 4.90 Å².